The van der Waals surface area contributed by atoms with Gasteiger partial charge in [-0.3, -0.25) is 9.59 Å². The first-order valence-electron chi connectivity index (χ1n) is 6.46. The van der Waals surface area contributed by atoms with E-state index in [0.717, 1.165) is 5.56 Å². The minimum Gasteiger partial charge on any atom is -0.497 e. The lowest BCUT2D eigenvalue weighted by molar-refractivity contribution is -0.146. The van der Waals surface area contributed by atoms with Crippen LogP contribution in [0.4, 0.5) is 0 Å². The van der Waals surface area contributed by atoms with Gasteiger partial charge in [0, 0.05) is 6.92 Å². The second kappa shape index (κ2) is 7.90. The monoisotopic (exact) mass is 290 g/mol. The molecule has 1 amide bonds. The Balaban J connectivity index is 2.82. The fraction of sp³-hybridized carbons (Fsp3) is 0.400. The van der Waals surface area contributed by atoms with E-state index in [2.05, 4.69) is 5.32 Å². The van der Waals surface area contributed by atoms with Crippen LogP contribution < -0.4 is 10.1 Å². The van der Waals surface area contributed by atoms with E-state index < -0.39 is 18.1 Å². The van der Waals surface area contributed by atoms with Crippen LogP contribution in [0.5, 0.6) is 5.75 Å². The first kappa shape index (κ1) is 16.5. The van der Waals surface area contributed by atoms with Crippen LogP contribution in [0.2, 0.25) is 0 Å². The van der Waals surface area contributed by atoms with E-state index in [1.165, 1.54) is 13.8 Å². The van der Waals surface area contributed by atoms with E-state index >= 15 is 0 Å². The lowest BCUT2D eigenvalue weighted by Crippen LogP contribution is -2.29. The molecule has 112 valence electrons. The molecule has 0 saturated carbocycles. The van der Waals surface area contributed by atoms with Crippen molar-refractivity contribution in [2.45, 2.75) is 32.4 Å². The molecule has 0 aliphatic heterocycles. The number of nitriles is 1. The molecule has 0 bridgehead atoms. The van der Waals surface area contributed by atoms with Gasteiger partial charge in [0.2, 0.25) is 5.91 Å². The topological polar surface area (TPSA) is 88.4 Å². The van der Waals surface area contributed by atoms with Crippen LogP contribution in [0, 0.1) is 11.3 Å². The average molecular weight is 290 g/mol. The van der Waals surface area contributed by atoms with Gasteiger partial charge in [-0.25, -0.2) is 0 Å². The number of hydrogen-bond acceptors (Lipinski definition) is 5. The Morgan fingerprint density at radius 3 is 2.43 bits per heavy atom. The summed E-state index contributed by atoms with van der Waals surface area (Å²) in [6, 6.07) is 8.33. The van der Waals surface area contributed by atoms with E-state index in [4.69, 9.17) is 14.7 Å². The number of amides is 1. The maximum atomic E-state index is 11.8. The average Bonchev–Trinajstić information content (AvgIpc) is 2.46. The van der Waals surface area contributed by atoms with Crippen LogP contribution in [0.25, 0.3) is 0 Å². The summed E-state index contributed by atoms with van der Waals surface area (Å²) in [6.45, 7) is 2.86. The largest absolute Gasteiger partial charge is 0.497 e. The number of carbonyl (C=O) groups is 2. The maximum absolute atomic E-state index is 11.8. The number of nitrogens with one attached hydrogen (secondary N) is 1. The number of ether oxygens (including phenoxy) is 2. The summed E-state index contributed by atoms with van der Waals surface area (Å²) < 4.78 is 9.97. The van der Waals surface area contributed by atoms with Crippen molar-refractivity contribution < 1.29 is 19.1 Å². The van der Waals surface area contributed by atoms with Gasteiger partial charge in [-0.15, -0.1) is 0 Å². The smallest absolute Gasteiger partial charge is 0.309 e. The van der Waals surface area contributed by atoms with Crippen molar-refractivity contribution in [2.75, 3.05) is 7.11 Å². The summed E-state index contributed by atoms with van der Waals surface area (Å²) in [6.07, 6.45) is -0.857. The summed E-state index contributed by atoms with van der Waals surface area (Å²) in [7, 11) is 1.56. The van der Waals surface area contributed by atoms with Crippen LogP contribution in [-0.2, 0) is 14.3 Å². The molecule has 2 unspecified atom stereocenters. The third-order valence-corrected chi connectivity index (χ3v) is 2.76. The molecule has 0 fully saturated rings. The molecule has 0 aliphatic carbocycles. The number of carbonyl (C=O) groups excluding carboxylic acids is 2. The van der Waals surface area contributed by atoms with E-state index in [1.807, 2.05) is 6.07 Å². The standard InChI is InChI=1S/C15H18N2O4/c1-10(9-16)21-15(19)8-14(17-11(2)18)12-4-6-13(20-3)7-5-12/h4-7,10,14H,8H2,1-3H3,(H,17,18). The van der Waals surface area contributed by atoms with Crippen molar-refractivity contribution in [1.82, 2.24) is 5.32 Å². The van der Waals surface area contributed by atoms with Crippen molar-refractivity contribution in [3.05, 3.63) is 29.8 Å². The molecular weight excluding hydrogens is 272 g/mol. The molecule has 0 aromatic heterocycles. The number of nitrogens with zero attached hydrogens (tertiary/aromatic N) is 1. The van der Waals surface area contributed by atoms with Gasteiger partial charge < -0.3 is 14.8 Å². The fourth-order valence-electron chi connectivity index (χ4n) is 1.77. The van der Waals surface area contributed by atoms with Crippen LogP contribution in [0.3, 0.4) is 0 Å². The zero-order valence-corrected chi connectivity index (χ0v) is 12.3. The van der Waals surface area contributed by atoms with Gasteiger partial charge in [-0.05, 0) is 24.6 Å². The fourth-order valence-corrected chi connectivity index (χ4v) is 1.77. The molecular formula is C15H18N2O4. The molecule has 21 heavy (non-hydrogen) atoms. The minimum absolute atomic E-state index is 0.0437. The molecule has 1 rings (SSSR count). The molecule has 0 saturated heterocycles. The summed E-state index contributed by atoms with van der Waals surface area (Å²) in [5.41, 5.74) is 0.757. The van der Waals surface area contributed by atoms with E-state index in [0.29, 0.717) is 5.75 Å². The number of esters is 1. The Morgan fingerprint density at radius 1 is 1.33 bits per heavy atom. The molecule has 1 aromatic rings. The molecule has 0 spiro atoms. The van der Waals surface area contributed by atoms with E-state index in [1.54, 1.807) is 31.4 Å². The number of methoxy groups -OCH3 is 1. The Bertz CT molecular complexity index is 534. The van der Waals surface area contributed by atoms with Gasteiger partial charge in [0.1, 0.15) is 11.8 Å². The summed E-state index contributed by atoms with van der Waals surface area (Å²) in [5.74, 6) is -0.114. The van der Waals surface area contributed by atoms with Gasteiger partial charge in [0.05, 0.1) is 19.6 Å². The normalized spacial score (nSPS) is 12.7. The van der Waals surface area contributed by atoms with Crippen LogP contribution >= 0.6 is 0 Å². The van der Waals surface area contributed by atoms with Gasteiger partial charge >= 0.3 is 5.97 Å². The predicted octanol–water partition coefficient (Wildman–Crippen LogP) is 1.72. The maximum Gasteiger partial charge on any atom is 0.309 e. The van der Waals surface area contributed by atoms with Gasteiger partial charge in [-0.2, -0.15) is 5.26 Å². The highest BCUT2D eigenvalue weighted by Gasteiger charge is 2.19. The lowest BCUT2D eigenvalue weighted by Gasteiger charge is -2.18. The zero-order chi connectivity index (χ0) is 15.8. The Labute approximate surface area is 123 Å². The van der Waals surface area contributed by atoms with E-state index in [-0.39, 0.29) is 12.3 Å². The summed E-state index contributed by atoms with van der Waals surface area (Å²) in [5, 5.41) is 11.3. The minimum atomic E-state index is -0.814. The molecule has 6 nitrogen and oxygen atoms in total. The van der Waals surface area contributed by atoms with Crippen LogP contribution in [-0.4, -0.2) is 25.1 Å². The van der Waals surface area contributed by atoms with E-state index in [9.17, 15) is 9.59 Å². The number of benzene rings is 1. The lowest BCUT2D eigenvalue weighted by atomic mass is 10.0. The van der Waals surface area contributed by atoms with Gasteiger partial charge in [0.25, 0.3) is 0 Å². The number of rotatable bonds is 6. The van der Waals surface area contributed by atoms with Crippen molar-refractivity contribution in [2.24, 2.45) is 0 Å². The van der Waals surface area contributed by atoms with Crippen molar-refractivity contribution in [3.63, 3.8) is 0 Å². The summed E-state index contributed by atoms with van der Waals surface area (Å²) in [4.78, 5) is 23.0. The predicted molar refractivity (Wildman–Crippen MR) is 75.3 cm³/mol. The Hall–Kier alpha value is -2.55. The Morgan fingerprint density at radius 2 is 1.95 bits per heavy atom. The quantitative estimate of drug-likeness (QED) is 0.806. The first-order chi connectivity index (χ1) is 9.96. The number of hydrogen-bond donors (Lipinski definition) is 1. The zero-order valence-electron chi connectivity index (χ0n) is 12.3. The molecule has 1 aromatic carbocycles. The highest BCUT2D eigenvalue weighted by molar-refractivity contribution is 5.76. The second-order valence-electron chi connectivity index (χ2n) is 4.49. The summed E-state index contributed by atoms with van der Waals surface area (Å²) >= 11 is 0. The van der Waals surface area contributed by atoms with Crippen LogP contribution in [0.15, 0.2) is 24.3 Å². The first-order valence-corrected chi connectivity index (χ1v) is 6.46. The SMILES string of the molecule is COc1ccc(C(CC(=O)OC(C)C#N)NC(C)=O)cc1. The molecule has 2 atom stereocenters. The van der Waals surface area contributed by atoms with Crippen molar-refractivity contribution >= 4 is 11.9 Å². The molecule has 0 aliphatic rings. The Kier molecular flexibility index (Phi) is 6.21. The van der Waals surface area contributed by atoms with Crippen molar-refractivity contribution in [1.29, 1.82) is 5.26 Å². The molecule has 6 heteroatoms. The third-order valence-electron chi connectivity index (χ3n) is 2.76. The van der Waals surface area contributed by atoms with Gasteiger partial charge in [-0.1, -0.05) is 12.1 Å². The molecule has 0 radical (unpaired) electrons. The van der Waals surface area contributed by atoms with Crippen LogP contribution in [0.1, 0.15) is 31.9 Å². The second-order valence-corrected chi connectivity index (χ2v) is 4.49. The highest BCUT2D eigenvalue weighted by Crippen LogP contribution is 2.21. The molecule has 0 heterocycles. The molecule has 1 N–H and O–H groups in total. The third kappa shape index (κ3) is 5.53. The van der Waals surface area contributed by atoms with Gasteiger partial charge in [0.15, 0.2) is 6.10 Å². The highest BCUT2D eigenvalue weighted by atomic mass is 16.5. The van der Waals surface area contributed by atoms with Crippen molar-refractivity contribution in [3.8, 4) is 11.8 Å².